The molecule has 130 valence electrons. The first-order chi connectivity index (χ1) is 12.2. The number of thioether (sulfide) groups is 1. The SMILES string of the molecule is CN(Cc1ccccc1)C(=O)CSc1nncn1CCc1cccs1. The van der Waals surface area contributed by atoms with Crippen LogP contribution in [0.1, 0.15) is 10.4 Å². The van der Waals surface area contributed by atoms with Crippen molar-refractivity contribution in [3.8, 4) is 0 Å². The van der Waals surface area contributed by atoms with Crippen LogP contribution in [-0.4, -0.2) is 38.4 Å². The van der Waals surface area contributed by atoms with Crippen LogP contribution in [0.4, 0.5) is 0 Å². The molecule has 0 bridgehead atoms. The van der Waals surface area contributed by atoms with Crippen molar-refractivity contribution in [3.05, 3.63) is 64.6 Å². The standard InChI is InChI=1S/C18H20N4OS2/c1-21(12-15-6-3-2-4-7-15)17(23)13-25-18-20-19-14-22(18)10-9-16-8-5-11-24-16/h2-8,11,14H,9-10,12-13H2,1H3. The van der Waals surface area contributed by atoms with Crippen molar-refractivity contribution < 1.29 is 4.79 Å². The summed E-state index contributed by atoms with van der Waals surface area (Å²) in [6, 6.07) is 14.2. The Hall–Kier alpha value is -2.12. The Morgan fingerprint density at radius 1 is 1.24 bits per heavy atom. The molecule has 0 unspecified atom stereocenters. The lowest BCUT2D eigenvalue weighted by Crippen LogP contribution is -2.27. The fourth-order valence-corrected chi connectivity index (χ4v) is 3.96. The Balaban J connectivity index is 1.49. The van der Waals surface area contributed by atoms with E-state index in [2.05, 4.69) is 27.7 Å². The normalized spacial score (nSPS) is 10.8. The Labute approximate surface area is 155 Å². The lowest BCUT2D eigenvalue weighted by molar-refractivity contribution is -0.127. The van der Waals surface area contributed by atoms with Crippen LogP contribution in [0.2, 0.25) is 0 Å². The van der Waals surface area contributed by atoms with E-state index in [0.717, 1.165) is 23.7 Å². The van der Waals surface area contributed by atoms with Crippen molar-refractivity contribution in [1.29, 1.82) is 0 Å². The number of hydrogen-bond acceptors (Lipinski definition) is 5. The number of hydrogen-bond donors (Lipinski definition) is 0. The van der Waals surface area contributed by atoms with Crippen LogP contribution in [0.3, 0.4) is 0 Å². The first-order valence-electron chi connectivity index (χ1n) is 8.03. The first-order valence-corrected chi connectivity index (χ1v) is 9.90. The molecule has 0 atom stereocenters. The third-order valence-electron chi connectivity index (χ3n) is 3.77. The molecule has 1 amide bonds. The van der Waals surface area contributed by atoms with E-state index in [4.69, 9.17) is 0 Å². The van der Waals surface area contributed by atoms with Crippen LogP contribution in [0, 0.1) is 0 Å². The monoisotopic (exact) mass is 372 g/mol. The molecule has 3 rings (SSSR count). The number of carbonyl (C=O) groups excluding carboxylic acids is 1. The van der Waals surface area contributed by atoms with Crippen LogP contribution in [0.5, 0.6) is 0 Å². The summed E-state index contributed by atoms with van der Waals surface area (Å²) in [5, 5.41) is 11.0. The van der Waals surface area contributed by atoms with Crippen LogP contribution < -0.4 is 0 Å². The van der Waals surface area contributed by atoms with Gasteiger partial charge in [0.2, 0.25) is 5.91 Å². The van der Waals surface area contributed by atoms with Crippen LogP contribution in [-0.2, 0) is 24.3 Å². The molecule has 7 heteroatoms. The molecule has 0 saturated heterocycles. The molecule has 0 N–H and O–H groups in total. The number of aryl methyl sites for hydroxylation is 2. The summed E-state index contributed by atoms with van der Waals surface area (Å²) in [6.07, 6.45) is 2.68. The number of aromatic nitrogens is 3. The molecule has 0 spiro atoms. The highest BCUT2D eigenvalue weighted by Gasteiger charge is 2.13. The van der Waals surface area contributed by atoms with Crippen molar-refractivity contribution in [2.24, 2.45) is 0 Å². The Morgan fingerprint density at radius 2 is 2.08 bits per heavy atom. The highest BCUT2D eigenvalue weighted by Crippen LogP contribution is 2.17. The summed E-state index contributed by atoms with van der Waals surface area (Å²) in [7, 11) is 1.83. The second-order valence-electron chi connectivity index (χ2n) is 5.66. The molecule has 3 aromatic rings. The van der Waals surface area contributed by atoms with Gasteiger partial charge in [0, 0.05) is 25.0 Å². The van der Waals surface area contributed by atoms with E-state index in [9.17, 15) is 4.79 Å². The second kappa shape index (κ2) is 8.82. The van der Waals surface area contributed by atoms with E-state index in [1.165, 1.54) is 16.6 Å². The zero-order valence-electron chi connectivity index (χ0n) is 14.0. The average molecular weight is 373 g/mol. The van der Waals surface area contributed by atoms with E-state index in [0.29, 0.717) is 12.3 Å². The lowest BCUT2D eigenvalue weighted by Gasteiger charge is -2.17. The summed E-state index contributed by atoms with van der Waals surface area (Å²) < 4.78 is 2.01. The fourth-order valence-electron chi connectivity index (χ4n) is 2.38. The molecular formula is C18H20N4OS2. The van der Waals surface area contributed by atoms with E-state index in [-0.39, 0.29) is 5.91 Å². The van der Waals surface area contributed by atoms with Crippen molar-refractivity contribution >= 4 is 29.0 Å². The van der Waals surface area contributed by atoms with E-state index < -0.39 is 0 Å². The minimum Gasteiger partial charge on any atom is -0.341 e. The highest BCUT2D eigenvalue weighted by molar-refractivity contribution is 7.99. The number of carbonyl (C=O) groups is 1. The predicted molar refractivity (Wildman–Crippen MR) is 102 cm³/mol. The minimum absolute atomic E-state index is 0.0849. The van der Waals surface area contributed by atoms with Crippen molar-refractivity contribution in [3.63, 3.8) is 0 Å². The molecule has 2 heterocycles. The third-order valence-corrected chi connectivity index (χ3v) is 5.67. The van der Waals surface area contributed by atoms with Gasteiger partial charge in [0.25, 0.3) is 0 Å². The number of amides is 1. The van der Waals surface area contributed by atoms with Crippen LogP contribution >= 0.6 is 23.1 Å². The van der Waals surface area contributed by atoms with Gasteiger partial charge in [-0.25, -0.2) is 0 Å². The van der Waals surface area contributed by atoms with Crippen molar-refractivity contribution in [2.75, 3.05) is 12.8 Å². The first kappa shape index (κ1) is 17.7. The van der Waals surface area contributed by atoms with Gasteiger partial charge in [-0.05, 0) is 23.4 Å². The van der Waals surface area contributed by atoms with Gasteiger partial charge in [-0.3, -0.25) is 4.79 Å². The smallest absolute Gasteiger partial charge is 0.233 e. The number of thiophene rings is 1. The molecule has 5 nitrogen and oxygen atoms in total. The van der Waals surface area contributed by atoms with Crippen LogP contribution in [0.25, 0.3) is 0 Å². The van der Waals surface area contributed by atoms with E-state index >= 15 is 0 Å². The molecular weight excluding hydrogens is 352 g/mol. The summed E-state index contributed by atoms with van der Waals surface area (Å²) in [6.45, 7) is 1.44. The third kappa shape index (κ3) is 5.17. The lowest BCUT2D eigenvalue weighted by atomic mass is 10.2. The Kier molecular flexibility index (Phi) is 6.25. The molecule has 2 aromatic heterocycles. The van der Waals surface area contributed by atoms with Gasteiger partial charge in [-0.15, -0.1) is 21.5 Å². The van der Waals surface area contributed by atoms with Gasteiger partial charge in [0.05, 0.1) is 5.75 Å². The highest BCUT2D eigenvalue weighted by atomic mass is 32.2. The maximum absolute atomic E-state index is 12.3. The van der Waals surface area contributed by atoms with Gasteiger partial charge in [0.1, 0.15) is 6.33 Å². The largest absolute Gasteiger partial charge is 0.341 e. The van der Waals surface area contributed by atoms with Gasteiger partial charge < -0.3 is 9.47 Å². The zero-order valence-corrected chi connectivity index (χ0v) is 15.7. The number of rotatable bonds is 8. The quantitative estimate of drug-likeness (QED) is 0.569. The average Bonchev–Trinajstić information content (AvgIpc) is 3.30. The number of nitrogens with zero attached hydrogens (tertiary/aromatic N) is 4. The number of benzene rings is 1. The maximum atomic E-state index is 12.3. The van der Waals surface area contributed by atoms with E-state index in [1.54, 1.807) is 22.6 Å². The van der Waals surface area contributed by atoms with Gasteiger partial charge in [-0.1, -0.05) is 48.2 Å². The molecule has 0 radical (unpaired) electrons. The maximum Gasteiger partial charge on any atom is 0.233 e. The molecule has 0 aliphatic rings. The molecule has 25 heavy (non-hydrogen) atoms. The summed E-state index contributed by atoms with van der Waals surface area (Å²) >= 11 is 3.19. The summed E-state index contributed by atoms with van der Waals surface area (Å²) in [5.74, 6) is 0.447. The van der Waals surface area contributed by atoms with Crippen molar-refractivity contribution in [2.45, 2.75) is 24.7 Å². The molecule has 1 aromatic carbocycles. The Morgan fingerprint density at radius 3 is 2.84 bits per heavy atom. The summed E-state index contributed by atoms with van der Waals surface area (Å²) in [4.78, 5) is 15.4. The van der Waals surface area contributed by atoms with E-state index in [1.807, 2.05) is 41.9 Å². The van der Waals surface area contributed by atoms with Crippen LogP contribution in [0.15, 0.2) is 59.3 Å². The van der Waals surface area contributed by atoms with Gasteiger partial charge in [-0.2, -0.15) is 0 Å². The van der Waals surface area contributed by atoms with Crippen molar-refractivity contribution in [1.82, 2.24) is 19.7 Å². The van der Waals surface area contributed by atoms with Gasteiger partial charge in [0.15, 0.2) is 5.16 Å². The topological polar surface area (TPSA) is 51.0 Å². The molecule has 0 aliphatic heterocycles. The molecule has 0 fully saturated rings. The fraction of sp³-hybridized carbons (Fsp3) is 0.278. The summed E-state index contributed by atoms with van der Waals surface area (Å²) in [5.41, 5.74) is 1.13. The second-order valence-corrected chi connectivity index (χ2v) is 7.64. The predicted octanol–water partition coefficient (Wildman–Crippen LogP) is 3.33. The molecule has 0 aliphatic carbocycles. The minimum atomic E-state index is 0.0849. The Bertz CT molecular complexity index is 787. The van der Waals surface area contributed by atoms with Gasteiger partial charge >= 0.3 is 0 Å². The zero-order chi connectivity index (χ0) is 17.5. The molecule has 0 saturated carbocycles.